The highest BCUT2D eigenvalue weighted by molar-refractivity contribution is 7.23. The number of amides is 1. The van der Waals surface area contributed by atoms with Crippen molar-refractivity contribution in [1.82, 2.24) is 24.9 Å². The fourth-order valence-corrected chi connectivity index (χ4v) is 4.87. The maximum atomic E-state index is 12.5. The number of hydrogen-bond donors (Lipinski definition) is 2. The zero-order valence-electron chi connectivity index (χ0n) is 17.3. The minimum atomic E-state index is -0.000932. The lowest BCUT2D eigenvalue weighted by Crippen LogP contribution is -2.43. The number of nitrogens with zero attached hydrogens (tertiary/aromatic N) is 4. The van der Waals surface area contributed by atoms with Gasteiger partial charge in [0.05, 0.1) is 16.4 Å². The third-order valence-electron chi connectivity index (χ3n) is 5.62. The molecule has 4 rings (SSSR count). The Balaban J connectivity index is 1.43. The summed E-state index contributed by atoms with van der Waals surface area (Å²) in [4.78, 5) is 23.0. The molecule has 0 saturated carbocycles. The van der Waals surface area contributed by atoms with Crippen LogP contribution in [0.15, 0.2) is 24.4 Å². The van der Waals surface area contributed by atoms with Gasteiger partial charge in [0.15, 0.2) is 4.96 Å². The second-order valence-electron chi connectivity index (χ2n) is 7.41. The van der Waals surface area contributed by atoms with E-state index in [1.165, 1.54) is 0 Å². The number of carbonyl (C=O) groups excluding carboxylic acids is 1. The number of benzene rings is 1. The molecule has 1 saturated heterocycles. The summed E-state index contributed by atoms with van der Waals surface area (Å²) in [7, 11) is 0. The smallest absolute Gasteiger partial charge is 0.251 e. The summed E-state index contributed by atoms with van der Waals surface area (Å²) in [5, 5.41) is 6.43. The second kappa shape index (κ2) is 9.11. The second-order valence-corrected chi connectivity index (χ2v) is 8.42. The lowest BCUT2D eigenvalue weighted by Gasteiger charge is -2.27. The summed E-state index contributed by atoms with van der Waals surface area (Å²) in [5.74, 6) is 1.04. The van der Waals surface area contributed by atoms with E-state index < -0.39 is 0 Å². The van der Waals surface area contributed by atoms with Gasteiger partial charge in [0.1, 0.15) is 5.82 Å². The molecular weight excluding hydrogens is 384 g/mol. The van der Waals surface area contributed by atoms with Gasteiger partial charge in [0.2, 0.25) is 0 Å². The van der Waals surface area contributed by atoms with E-state index in [1.807, 2.05) is 18.2 Å². The van der Waals surface area contributed by atoms with Crippen LogP contribution in [0.4, 0.5) is 5.82 Å². The molecule has 0 atom stereocenters. The van der Waals surface area contributed by atoms with Crippen molar-refractivity contribution in [2.75, 3.05) is 57.3 Å². The highest BCUT2D eigenvalue weighted by atomic mass is 32.1. The summed E-state index contributed by atoms with van der Waals surface area (Å²) < 4.78 is 3.23. The Kier molecular flexibility index (Phi) is 6.32. The predicted octanol–water partition coefficient (Wildman–Crippen LogP) is 2.42. The van der Waals surface area contributed by atoms with Crippen molar-refractivity contribution in [3.8, 4) is 0 Å². The molecule has 3 heterocycles. The number of hydrogen-bond acceptors (Lipinski definition) is 6. The van der Waals surface area contributed by atoms with Gasteiger partial charge in [-0.05, 0) is 44.3 Å². The van der Waals surface area contributed by atoms with Crippen LogP contribution in [0.25, 0.3) is 15.2 Å². The van der Waals surface area contributed by atoms with E-state index >= 15 is 0 Å². The van der Waals surface area contributed by atoms with Gasteiger partial charge in [-0.3, -0.25) is 9.20 Å². The Hall–Kier alpha value is -2.16. The van der Waals surface area contributed by atoms with Crippen LogP contribution in [0.3, 0.4) is 0 Å². The van der Waals surface area contributed by atoms with Crippen LogP contribution in [0, 0.1) is 0 Å². The molecule has 0 aliphatic carbocycles. The molecule has 0 radical (unpaired) electrons. The summed E-state index contributed by atoms with van der Waals surface area (Å²) in [6, 6.07) is 5.93. The molecule has 3 aromatic rings. The van der Waals surface area contributed by atoms with Gasteiger partial charge in [0.25, 0.3) is 5.91 Å². The number of rotatable bonds is 8. The van der Waals surface area contributed by atoms with Crippen molar-refractivity contribution in [1.29, 1.82) is 0 Å². The first-order chi connectivity index (χ1) is 14.2. The Morgan fingerprint density at radius 1 is 1.28 bits per heavy atom. The van der Waals surface area contributed by atoms with Crippen molar-refractivity contribution in [3.63, 3.8) is 0 Å². The van der Waals surface area contributed by atoms with E-state index in [4.69, 9.17) is 4.98 Å². The van der Waals surface area contributed by atoms with Crippen molar-refractivity contribution >= 4 is 38.2 Å². The van der Waals surface area contributed by atoms with Crippen molar-refractivity contribution in [3.05, 3.63) is 30.0 Å². The summed E-state index contributed by atoms with van der Waals surface area (Å²) >= 11 is 1.64. The van der Waals surface area contributed by atoms with Crippen LogP contribution >= 0.6 is 11.3 Å². The molecule has 0 unspecified atom stereocenters. The lowest BCUT2D eigenvalue weighted by atomic mass is 10.2. The Morgan fingerprint density at radius 2 is 2.07 bits per heavy atom. The molecule has 1 aromatic carbocycles. The lowest BCUT2D eigenvalue weighted by molar-refractivity contribution is 0.0952. The topological polar surface area (TPSA) is 64.9 Å². The van der Waals surface area contributed by atoms with Gasteiger partial charge in [-0.2, -0.15) is 0 Å². The van der Waals surface area contributed by atoms with Gasteiger partial charge in [-0.25, -0.2) is 4.98 Å². The minimum Gasteiger partial charge on any atom is -0.353 e. The first kappa shape index (κ1) is 20.1. The van der Waals surface area contributed by atoms with Gasteiger partial charge < -0.3 is 20.4 Å². The molecule has 0 spiro atoms. The maximum absolute atomic E-state index is 12.5. The number of aromatic nitrogens is 2. The van der Waals surface area contributed by atoms with E-state index in [0.29, 0.717) is 12.1 Å². The highest BCUT2D eigenvalue weighted by Gasteiger charge is 2.17. The number of anilines is 1. The Morgan fingerprint density at radius 3 is 2.83 bits per heavy atom. The number of thiazole rings is 1. The maximum Gasteiger partial charge on any atom is 0.251 e. The van der Waals surface area contributed by atoms with E-state index in [2.05, 4.69) is 44.9 Å². The summed E-state index contributed by atoms with van der Waals surface area (Å²) in [6.45, 7) is 12.1. The largest absolute Gasteiger partial charge is 0.353 e. The molecule has 1 fully saturated rings. The van der Waals surface area contributed by atoms with Crippen molar-refractivity contribution in [2.45, 2.75) is 20.3 Å². The quantitative estimate of drug-likeness (QED) is 0.554. The normalized spacial score (nSPS) is 14.9. The van der Waals surface area contributed by atoms with Gasteiger partial charge in [-0.1, -0.05) is 25.2 Å². The van der Waals surface area contributed by atoms with Crippen LogP contribution in [0.2, 0.25) is 0 Å². The molecule has 2 N–H and O–H groups in total. The molecule has 1 aliphatic heterocycles. The van der Waals surface area contributed by atoms with Crippen LogP contribution in [-0.4, -0.2) is 72.5 Å². The SMILES string of the molecule is CCN(CC)CCCNC(=O)c1ccc2c(c1)sc1nc(N3CCNCC3)cn12. The Labute approximate surface area is 175 Å². The van der Waals surface area contributed by atoms with Crippen LogP contribution in [-0.2, 0) is 0 Å². The third kappa shape index (κ3) is 4.39. The fraction of sp³-hybridized carbons (Fsp3) is 0.524. The highest BCUT2D eigenvalue weighted by Crippen LogP contribution is 2.29. The molecule has 7 nitrogen and oxygen atoms in total. The van der Waals surface area contributed by atoms with Crippen LogP contribution < -0.4 is 15.5 Å². The van der Waals surface area contributed by atoms with Crippen LogP contribution in [0.5, 0.6) is 0 Å². The summed E-state index contributed by atoms with van der Waals surface area (Å²) in [5.41, 5.74) is 1.82. The molecule has 156 valence electrons. The van der Waals surface area contributed by atoms with E-state index in [-0.39, 0.29) is 5.91 Å². The minimum absolute atomic E-state index is 0.000932. The molecule has 1 aliphatic rings. The molecule has 29 heavy (non-hydrogen) atoms. The number of nitrogens with one attached hydrogen (secondary N) is 2. The Bertz CT molecular complexity index is 970. The third-order valence-corrected chi connectivity index (χ3v) is 6.63. The van der Waals surface area contributed by atoms with Gasteiger partial charge in [-0.15, -0.1) is 0 Å². The van der Waals surface area contributed by atoms with E-state index in [9.17, 15) is 4.79 Å². The molecular formula is C21H30N6OS. The molecule has 2 aromatic heterocycles. The average molecular weight is 415 g/mol. The standard InChI is InChI=1S/C21H30N6OS/c1-3-25(4-2)11-5-8-23-20(28)16-6-7-17-18(14-16)29-21-24-19(15-27(17)21)26-12-9-22-10-13-26/h6-7,14-15,22H,3-5,8-13H2,1-2H3,(H,23,28). The first-order valence-corrected chi connectivity index (χ1v) is 11.4. The number of piperazine rings is 1. The van der Waals surface area contributed by atoms with Gasteiger partial charge in [0, 0.05) is 38.3 Å². The summed E-state index contributed by atoms with van der Waals surface area (Å²) in [6.07, 6.45) is 3.09. The van der Waals surface area contributed by atoms with E-state index in [1.54, 1.807) is 11.3 Å². The van der Waals surface area contributed by atoms with E-state index in [0.717, 1.165) is 73.2 Å². The molecule has 1 amide bonds. The van der Waals surface area contributed by atoms with Crippen molar-refractivity contribution < 1.29 is 4.79 Å². The number of fused-ring (bicyclic) bond motifs is 3. The number of imidazole rings is 1. The molecule has 8 heteroatoms. The zero-order chi connectivity index (χ0) is 20.2. The van der Waals surface area contributed by atoms with Crippen LogP contribution in [0.1, 0.15) is 30.6 Å². The fourth-order valence-electron chi connectivity index (χ4n) is 3.82. The monoisotopic (exact) mass is 414 g/mol. The first-order valence-electron chi connectivity index (χ1n) is 10.6. The number of carbonyl (C=O) groups is 1. The molecule has 0 bridgehead atoms. The average Bonchev–Trinajstić information content (AvgIpc) is 3.32. The predicted molar refractivity (Wildman–Crippen MR) is 120 cm³/mol. The van der Waals surface area contributed by atoms with Gasteiger partial charge >= 0.3 is 0 Å². The zero-order valence-corrected chi connectivity index (χ0v) is 18.1. The van der Waals surface area contributed by atoms with Crippen molar-refractivity contribution in [2.24, 2.45) is 0 Å².